The predicted octanol–water partition coefficient (Wildman–Crippen LogP) is 0.710. The summed E-state index contributed by atoms with van der Waals surface area (Å²) in [4.78, 5) is 35.0. The van der Waals surface area contributed by atoms with Crippen molar-refractivity contribution in [2.45, 2.75) is 64.1 Å². The first-order valence-electron chi connectivity index (χ1n) is 10.4. The SMILES string of the molecule is CCS(=O)(=O)N1CCc2c(nc([C@H]3CCCCN3C(=O)[C@@H]3CCCO3)[nH]c2=O)C1. The maximum atomic E-state index is 13.0. The third kappa shape index (κ3) is 3.97. The van der Waals surface area contributed by atoms with Gasteiger partial charge in [0.1, 0.15) is 11.9 Å². The molecule has 2 fully saturated rings. The van der Waals surface area contributed by atoms with Crippen LogP contribution in [-0.2, 0) is 32.5 Å². The van der Waals surface area contributed by atoms with Gasteiger partial charge in [-0.2, -0.15) is 4.31 Å². The summed E-state index contributed by atoms with van der Waals surface area (Å²) in [5.74, 6) is 0.434. The lowest BCUT2D eigenvalue weighted by molar-refractivity contribution is -0.145. The first-order chi connectivity index (χ1) is 13.9. The molecule has 9 nitrogen and oxygen atoms in total. The number of hydrogen-bond donors (Lipinski definition) is 1. The fourth-order valence-electron chi connectivity index (χ4n) is 4.45. The topological polar surface area (TPSA) is 113 Å². The Bertz CT molecular complexity index is 938. The van der Waals surface area contributed by atoms with Crippen LogP contribution in [0.25, 0.3) is 0 Å². The number of ether oxygens (including phenoxy) is 1. The van der Waals surface area contributed by atoms with Gasteiger partial charge in [0.15, 0.2) is 0 Å². The maximum absolute atomic E-state index is 13.0. The number of amides is 1. The summed E-state index contributed by atoms with van der Waals surface area (Å²) in [6.07, 6.45) is 4.11. The second-order valence-electron chi connectivity index (χ2n) is 7.91. The number of hydrogen-bond acceptors (Lipinski definition) is 6. The van der Waals surface area contributed by atoms with E-state index in [1.807, 2.05) is 0 Å². The molecule has 29 heavy (non-hydrogen) atoms. The number of H-pyrrole nitrogens is 1. The van der Waals surface area contributed by atoms with Crippen LogP contribution < -0.4 is 5.56 Å². The molecular formula is C19H28N4O5S. The van der Waals surface area contributed by atoms with Crippen molar-refractivity contribution in [3.05, 3.63) is 27.4 Å². The first kappa shape index (κ1) is 20.5. The van der Waals surface area contributed by atoms with Gasteiger partial charge in [-0.25, -0.2) is 13.4 Å². The minimum absolute atomic E-state index is 0.0185. The lowest BCUT2D eigenvalue weighted by Crippen LogP contribution is -2.45. The smallest absolute Gasteiger partial charge is 0.254 e. The average molecular weight is 425 g/mol. The summed E-state index contributed by atoms with van der Waals surface area (Å²) in [6, 6.07) is -0.309. The molecule has 2 atom stereocenters. The van der Waals surface area contributed by atoms with E-state index in [0.29, 0.717) is 43.2 Å². The third-order valence-corrected chi connectivity index (χ3v) is 7.95. The number of likely N-dealkylation sites (tertiary alicyclic amines) is 1. The van der Waals surface area contributed by atoms with Crippen molar-refractivity contribution in [1.82, 2.24) is 19.2 Å². The largest absolute Gasteiger partial charge is 0.368 e. The fraction of sp³-hybridized carbons (Fsp3) is 0.737. The number of nitrogens with one attached hydrogen (secondary N) is 1. The van der Waals surface area contributed by atoms with Gasteiger partial charge in [-0.15, -0.1) is 0 Å². The maximum Gasteiger partial charge on any atom is 0.254 e. The van der Waals surface area contributed by atoms with Crippen molar-refractivity contribution in [3.8, 4) is 0 Å². The molecule has 1 aromatic heterocycles. The van der Waals surface area contributed by atoms with Gasteiger partial charge in [0.25, 0.3) is 11.5 Å². The fourth-order valence-corrected chi connectivity index (χ4v) is 5.50. The van der Waals surface area contributed by atoms with E-state index in [9.17, 15) is 18.0 Å². The molecule has 0 aliphatic carbocycles. The molecule has 1 N–H and O–H groups in total. The standard InChI is InChI=1S/C19H28N4O5S/c1-2-29(26,27)22-10-8-13-14(12-22)20-17(21-18(13)24)15-6-3-4-9-23(15)19(25)16-7-5-11-28-16/h15-16H,2-12H2,1H3,(H,20,21,24)/t15-,16+/m1/s1. The van der Waals surface area contributed by atoms with Crippen LogP contribution in [0.4, 0.5) is 0 Å². The minimum Gasteiger partial charge on any atom is -0.368 e. The van der Waals surface area contributed by atoms with E-state index in [2.05, 4.69) is 9.97 Å². The van der Waals surface area contributed by atoms with Gasteiger partial charge >= 0.3 is 0 Å². The highest BCUT2D eigenvalue weighted by Crippen LogP contribution is 2.31. The molecule has 4 rings (SSSR count). The Labute approximate surface area is 170 Å². The second-order valence-corrected chi connectivity index (χ2v) is 10.2. The van der Waals surface area contributed by atoms with Crippen molar-refractivity contribution in [2.24, 2.45) is 0 Å². The zero-order valence-corrected chi connectivity index (χ0v) is 17.5. The summed E-state index contributed by atoms with van der Waals surface area (Å²) in [5.41, 5.74) is 0.819. The van der Waals surface area contributed by atoms with E-state index in [1.165, 1.54) is 4.31 Å². The molecule has 4 heterocycles. The molecule has 3 aliphatic heterocycles. The van der Waals surface area contributed by atoms with Crippen molar-refractivity contribution >= 4 is 15.9 Å². The van der Waals surface area contributed by atoms with E-state index in [0.717, 1.165) is 32.1 Å². The highest BCUT2D eigenvalue weighted by atomic mass is 32.2. The zero-order valence-electron chi connectivity index (χ0n) is 16.7. The Morgan fingerprint density at radius 2 is 2.07 bits per heavy atom. The van der Waals surface area contributed by atoms with Gasteiger partial charge in [-0.3, -0.25) is 9.59 Å². The summed E-state index contributed by atoms with van der Waals surface area (Å²) < 4.78 is 31.5. The summed E-state index contributed by atoms with van der Waals surface area (Å²) in [5, 5.41) is 0. The van der Waals surface area contributed by atoms with Crippen molar-refractivity contribution in [2.75, 3.05) is 25.4 Å². The van der Waals surface area contributed by atoms with E-state index < -0.39 is 16.1 Å². The number of piperidine rings is 1. The molecule has 10 heteroatoms. The number of aromatic nitrogens is 2. The lowest BCUT2D eigenvalue weighted by Gasteiger charge is -2.37. The summed E-state index contributed by atoms with van der Waals surface area (Å²) >= 11 is 0. The normalized spacial score (nSPS) is 25.8. The molecular weight excluding hydrogens is 396 g/mol. The summed E-state index contributed by atoms with van der Waals surface area (Å²) in [6.45, 7) is 3.22. The highest BCUT2D eigenvalue weighted by Gasteiger charge is 2.36. The lowest BCUT2D eigenvalue weighted by atomic mass is 9.99. The Kier molecular flexibility index (Phi) is 5.76. The van der Waals surface area contributed by atoms with Gasteiger partial charge in [0.05, 0.1) is 24.0 Å². The molecule has 0 aromatic carbocycles. The van der Waals surface area contributed by atoms with Crippen molar-refractivity contribution in [3.63, 3.8) is 0 Å². The van der Waals surface area contributed by atoms with E-state index in [1.54, 1.807) is 11.8 Å². The molecule has 160 valence electrons. The van der Waals surface area contributed by atoms with Gasteiger partial charge in [-0.05, 0) is 45.4 Å². The number of sulfonamides is 1. The van der Waals surface area contributed by atoms with E-state index >= 15 is 0 Å². The third-order valence-electron chi connectivity index (χ3n) is 6.12. The number of carbonyl (C=O) groups is 1. The van der Waals surface area contributed by atoms with Crippen LogP contribution in [0.15, 0.2) is 4.79 Å². The molecule has 0 spiro atoms. The van der Waals surface area contributed by atoms with Crippen LogP contribution in [0.5, 0.6) is 0 Å². The highest BCUT2D eigenvalue weighted by molar-refractivity contribution is 7.89. The quantitative estimate of drug-likeness (QED) is 0.762. The van der Waals surface area contributed by atoms with E-state index in [4.69, 9.17) is 4.74 Å². The molecule has 1 amide bonds. The van der Waals surface area contributed by atoms with Gasteiger partial charge in [-0.1, -0.05) is 0 Å². The van der Waals surface area contributed by atoms with Gasteiger partial charge in [0.2, 0.25) is 10.0 Å². The Morgan fingerprint density at radius 1 is 1.24 bits per heavy atom. The van der Waals surface area contributed by atoms with Gasteiger partial charge < -0.3 is 14.6 Å². The Morgan fingerprint density at radius 3 is 2.79 bits per heavy atom. The number of rotatable bonds is 4. The molecule has 3 aliphatic rings. The molecule has 0 radical (unpaired) electrons. The number of aromatic amines is 1. The Hall–Kier alpha value is -1.78. The Balaban J connectivity index is 1.64. The second kappa shape index (κ2) is 8.16. The molecule has 0 saturated carbocycles. The van der Waals surface area contributed by atoms with Crippen LogP contribution in [0.1, 0.15) is 62.2 Å². The molecule has 1 aromatic rings. The van der Waals surface area contributed by atoms with Crippen LogP contribution >= 0.6 is 0 Å². The van der Waals surface area contributed by atoms with Crippen molar-refractivity contribution < 1.29 is 17.9 Å². The van der Waals surface area contributed by atoms with Crippen LogP contribution in [0, 0.1) is 0 Å². The van der Waals surface area contributed by atoms with Crippen LogP contribution in [0.2, 0.25) is 0 Å². The molecule has 0 unspecified atom stereocenters. The number of carbonyl (C=O) groups excluding carboxylic acids is 1. The van der Waals surface area contributed by atoms with E-state index in [-0.39, 0.29) is 29.8 Å². The zero-order chi connectivity index (χ0) is 20.6. The molecule has 0 bridgehead atoms. The minimum atomic E-state index is -3.35. The average Bonchev–Trinajstić information content (AvgIpc) is 3.27. The van der Waals surface area contributed by atoms with Crippen molar-refractivity contribution in [1.29, 1.82) is 0 Å². The molecule has 2 saturated heterocycles. The number of fused-ring (bicyclic) bond motifs is 1. The number of nitrogens with zero attached hydrogens (tertiary/aromatic N) is 3. The summed E-state index contributed by atoms with van der Waals surface area (Å²) in [7, 11) is -3.35. The van der Waals surface area contributed by atoms with Crippen LogP contribution in [0.3, 0.4) is 0 Å². The van der Waals surface area contributed by atoms with Crippen LogP contribution in [-0.4, -0.2) is 65.1 Å². The van der Waals surface area contributed by atoms with Gasteiger partial charge in [0, 0.05) is 25.3 Å². The predicted molar refractivity (Wildman–Crippen MR) is 106 cm³/mol. The monoisotopic (exact) mass is 424 g/mol. The first-order valence-corrected chi connectivity index (χ1v) is 12.0.